The zero-order chi connectivity index (χ0) is 21.6. The Hall–Kier alpha value is -3.41. The van der Waals surface area contributed by atoms with Gasteiger partial charge < -0.3 is 15.0 Å². The summed E-state index contributed by atoms with van der Waals surface area (Å²) in [4.78, 5) is 23.7. The van der Waals surface area contributed by atoms with Crippen molar-refractivity contribution >= 4 is 11.7 Å². The Morgan fingerprint density at radius 2 is 1.77 bits per heavy atom. The van der Waals surface area contributed by atoms with Gasteiger partial charge in [-0.05, 0) is 49.6 Å². The fraction of sp³-hybridized carbons (Fsp3) is 0.320. The van der Waals surface area contributed by atoms with Gasteiger partial charge in [-0.25, -0.2) is 9.97 Å². The van der Waals surface area contributed by atoms with Crippen molar-refractivity contribution in [3.8, 4) is 17.0 Å². The number of ether oxygens (including phenoxy) is 1. The molecule has 1 saturated heterocycles. The Morgan fingerprint density at radius 1 is 1.06 bits per heavy atom. The summed E-state index contributed by atoms with van der Waals surface area (Å²) < 4.78 is 5.23. The topological polar surface area (TPSA) is 67.3 Å². The summed E-state index contributed by atoms with van der Waals surface area (Å²) in [7, 11) is 1.66. The van der Waals surface area contributed by atoms with Gasteiger partial charge in [0.2, 0.25) is 5.91 Å². The van der Waals surface area contributed by atoms with E-state index >= 15 is 0 Å². The summed E-state index contributed by atoms with van der Waals surface area (Å²) in [6.45, 7) is 4.26. The fourth-order valence-corrected chi connectivity index (χ4v) is 3.85. The molecular weight excluding hydrogens is 388 g/mol. The van der Waals surface area contributed by atoms with Crippen LogP contribution in [-0.2, 0) is 11.3 Å². The van der Waals surface area contributed by atoms with Crippen LogP contribution in [-0.4, -0.2) is 36.1 Å². The number of piperidine rings is 1. The largest absolute Gasteiger partial charge is 0.497 e. The van der Waals surface area contributed by atoms with Crippen LogP contribution in [0.5, 0.6) is 5.75 Å². The number of anilines is 1. The van der Waals surface area contributed by atoms with E-state index < -0.39 is 0 Å². The molecule has 6 heteroatoms. The van der Waals surface area contributed by atoms with Crippen LogP contribution in [0.25, 0.3) is 11.3 Å². The second-order valence-corrected chi connectivity index (χ2v) is 7.95. The van der Waals surface area contributed by atoms with E-state index in [0.717, 1.165) is 54.3 Å². The number of hydrogen-bond donors (Lipinski definition) is 1. The minimum absolute atomic E-state index is 0.0459. The first-order valence-corrected chi connectivity index (χ1v) is 10.7. The Kier molecular flexibility index (Phi) is 6.46. The van der Waals surface area contributed by atoms with E-state index in [1.165, 1.54) is 5.56 Å². The number of carbonyl (C=O) groups excluding carboxylic acids is 1. The second-order valence-electron chi connectivity index (χ2n) is 7.95. The van der Waals surface area contributed by atoms with Crippen LogP contribution in [0.2, 0.25) is 0 Å². The van der Waals surface area contributed by atoms with Crippen molar-refractivity contribution in [2.75, 3.05) is 25.1 Å². The molecule has 1 fully saturated rings. The third-order valence-electron chi connectivity index (χ3n) is 5.82. The predicted octanol–water partition coefficient (Wildman–Crippen LogP) is 3.99. The summed E-state index contributed by atoms with van der Waals surface area (Å²) in [5, 5.41) is 3.09. The molecule has 0 radical (unpaired) electrons. The van der Waals surface area contributed by atoms with Crippen LogP contribution in [0.3, 0.4) is 0 Å². The summed E-state index contributed by atoms with van der Waals surface area (Å²) in [6.07, 6.45) is 3.25. The van der Waals surface area contributed by atoms with E-state index in [1.807, 2.05) is 30.3 Å². The first kappa shape index (κ1) is 20.8. The zero-order valence-corrected chi connectivity index (χ0v) is 18.0. The fourth-order valence-electron chi connectivity index (χ4n) is 3.85. The second kappa shape index (κ2) is 9.60. The molecule has 0 aliphatic carbocycles. The highest BCUT2D eigenvalue weighted by atomic mass is 16.5. The number of aryl methyl sites for hydroxylation is 1. The summed E-state index contributed by atoms with van der Waals surface area (Å²) in [6, 6.07) is 18.1. The molecule has 6 nitrogen and oxygen atoms in total. The normalized spacial score (nSPS) is 14.3. The lowest BCUT2D eigenvalue weighted by atomic mass is 9.95. The standard InChI is InChI=1S/C25H28N4O2/c1-18-3-5-19(6-4-18)16-26-25(30)21-11-13-29(14-12-21)24-15-23(27-17-28-24)20-7-9-22(31-2)10-8-20/h3-10,15,17,21H,11-14,16H2,1-2H3,(H,26,30). The van der Waals surface area contributed by atoms with Crippen molar-refractivity contribution in [1.82, 2.24) is 15.3 Å². The molecule has 0 bridgehead atoms. The van der Waals surface area contributed by atoms with Crippen LogP contribution in [0.4, 0.5) is 5.82 Å². The quantitative estimate of drug-likeness (QED) is 0.658. The molecule has 31 heavy (non-hydrogen) atoms. The minimum atomic E-state index is 0.0459. The van der Waals surface area contributed by atoms with E-state index in [-0.39, 0.29) is 11.8 Å². The number of rotatable bonds is 6. The maximum atomic E-state index is 12.6. The zero-order valence-electron chi connectivity index (χ0n) is 18.0. The number of aromatic nitrogens is 2. The van der Waals surface area contributed by atoms with Gasteiger partial charge in [-0.2, -0.15) is 0 Å². The molecule has 1 amide bonds. The van der Waals surface area contributed by atoms with Gasteiger partial charge in [0.1, 0.15) is 17.9 Å². The number of amides is 1. The molecule has 0 spiro atoms. The maximum Gasteiger partial charge on any atom is 0.223 e. The van der Waals surface area contributed by atoms with Crippen molar-refractivity contribution in [3.63, 3.8) is 0 Å². The van der Waals surface area contributed by atoms with Gasteiger partial charge in [0.15, 0.2) is 0 Å². The molecule has 2 heterocycles. The SMILES string of the molecule is COc1ccc(-c2cc(N3CCC(C(=O)NCc4ccc(C)cc4)CC3)ncn2)cc1. The highest BCUT2D eigenvalue weighted by Crippen LogP contribution is 2.26. The lowest BCUT2D eigenvalue weighted by molar-refractivity contribution is -0.125. The first-order valence-electron chi connectivity index (χ1n) is 10.7. The Labute approximate surface area is 183 Å². The van der Waals surface area contributed by atoms with E-state index in [1.54, 1.807) is 13.4 Å². The number of hydrogen-bond acceptors (Lipinski definition) is 5. The summed E-state index contributed by atoms with van der Waals surface area (Å²) >= 11 is 0. The molecule has 1 aromatic heterocycles. The third kappa shape index (κ3) is 5.20. The maximum absolute atomic E-state index is 12.6. The van der Waals surface area contributed by atoms with E-state index in [4.69, 9.17) is 4.74 Å². The molecule has 0 atom stereocenters. The van der Waals surface area contributed by atoms with Crippen LogP contribution in [0.1, 0.15) is 24.0 Å². The third-order valence-corrected chi connectivity index (χ3v) is 5.82. The molecule has 1 aliphatic rings. The highest BCUT2D eigenvalue weighted by Gasteiger charge is 2.25. The Balaban J connectivity index is 1.33. The van der Waals surface area contributed by atoms with Gasteiger partial charge in [0, 0.05) is 37.2 Å². The molecule has 3 aromatic rings. The minimum Gasteiger partial charge on any atom is -0.497 e. The smallest absolute Gasteiger partial charge is 0.223 e. The average molecular weight is 417 g/mol. The number of methoxy groups -OCH3 is 1. The lowest BCUT2D eigenvalue weighted by Gasteiger charge is -2.32. The predicted molar refractivity (Wildman–Crippen MR) is 122 cm³/mol. The van der Waals surface area contributed by atoms with E-state index in [2.05, 4.69) is 51.4 Å². The molecule has 4 rings (SSSR count). The van der Waals surface area contributed by atoms with Gasteiger partial charge in [-0.3, -0.25) is 4.79 Å². The number of nitrogens with zero attached hydrogens (tertiary/aromatic N) is 3. The summed E-state index contributed by atoms with van der Waals surface area (Å²) in [5.41, 5.74) is 4.26. The summed E-state index contributed by atoms with van der Waals surface area (Å²) in [5.74, 6) is 1.91. The molecule has 2 aromatic carbocycles. The van der Waals surface area contributed by atoms with Crippen molar-refractivity contribution in [3.05, 3.63) is 72.1 Å². The van der Waals surface area contributed by atoms with Gasteiger partial charge in [0.05, 0.1) is 12.8 Å². The van der Waals surface area contributed by atoms with Crippen molar-refractivity contribution in [2.45, 2.75) is 26.3 Å². The molecular formula is C25H28N4O2. The molecule has 1 N–H and O–H groups in total. The molecule has 0 saturated carbocycles. The van der Waals surface area contributed by atoms with Gasteiger partial charge in [0.25, 0.3) is 0 Å². The van der Waals surface area contributed by atoms with Crippen LogP contribution >= 0.6 is 0 Å². The molecule has 160 valence electrons. The molecule has 0 unspecified atom stereocenters. The number of nitrogens with one attached hydrogen (secondary N) is 1. The van der Waals surface area contributed by atoms with Gasteiger partial charge in [-0.1, -0.05) is 29.8 Å². The van der Waals surface area contributed by atoms with Gasteiger partial charge in [-0.15, -0.1) is 0 Å². The highest BCUT2D eigenvalue weighted by molar-refractivity contribution is 5.79. The van der Waals surface area contributed by atoms with E-state index in [0.29, 0.717) is 6.54 Å². The first-order chi connectivity index (χ1) is 15.1. The van der Waals surface area contributed by atoms with E-state index in [9.17, 15) is 4.79 Å². The van der Waals surface area contributed by atoms with Crippen molar-refractivity contribution in [2.24, 2.45) is 5.92 Å². The monoisotopic (exact) mass is 416 g/mol. The number of benzene rings is 2. The Bertz CT molecular complexity index is 1010. The van der Waals surface area contributed by atoms with Crippen LogP contribution in [0, 0.1) is 12.8 Å². The lowest BCUT2D eigenvalue weighted by Crippen LogP contribution is -2.40. The van der Waals surface area contributed by atoms with Crippen molar-refractivity contribution < 1.29 is 9.53 Å². The van der Waals surface area contributed by atoms with Crippen LogP contribution in [0.15, 0.2) is 60.9 Å². The molecule has 1 aliphatic heterocycles. The van der Waals surface area contributed by atoms with Crippen LogP contribution < -0.4 is 15.0 Å². The van der Waals surface area contributed by atoms with Crippen molar-refractivity contribution in [1.29, 1.82) is 0 Å². The number of carbonyl (C=O) groups is 1. The van der Waals surface area contributed by atoms with Gasteiger partial charge >= 0.3 is 0 Å². The Morgan fingerprint density at radius 3 is 2.45 bits per heavy atom. The average Bonchev–Trinajstić information content (AvgIpc) is 2.84.